The van der Waals surface area contributed by atoms with Crippen LogP contribution in [0, 0.1) is 11.3 Å². The van der Waals surface area contributed by atoms with E-state index in [-0.39, 0.29) is 0 Å². The predicted molar refractivity (Wildman–Crippen MR) is 89.9 cm³/mol. The first-order valence-corrected chi connectivity index (χ1v) is 8.60. The highest BCUT2D eigenvalue weighted by atomic mass is 16.4. The van der Waals surface area contributed by atoms with E-state index in [1.165, 1.54) is 18.4 Å². The van der Waals surface area contributed by atoms with Gasteiger partial charge in [0.25, 0.3) is 0 Å². The van der Waals surface area contributed by atoms with Gasteiger partial charge in [0.15, 0.2) is 0 Å². The predicted octanol–water partition coefficient (Wildman–Crippen LogP) is 3.88. The van der Waals surface area contributed by atoms with E-state index in [1.807, 2.05) is 13.8 Å². The van der Waals surface area contributed by atoms with Gasteiger partial charge in [-0.3, -0.25) is 4.79 Å². The van der Waals surface area contributed by atoms with Crippen LogP contribution < -0.4 is 5.32 Å². The first-order chi connectivity index (χ1) is 10.6. The van der Waals surface area contributed by atoms with Gasteiger partial charge in [-0.15, -0.1) is 0 Å². The van der Waals surface area contributed by atoms with Gasteiger partial charge in [-0.25, -0.2) is 0 Å². The summed E-state index contributed by atoms with van der Waals surface area (Å²) in [7, 11) is 0. The minimum Gasteiger partial charge on any atom is -0.481 e. The second kappa shape index (κ2) is 7.77. The van der Waals surface area contributed by atoms with E-state index in [0.717, 1.165) is 18.8 Å². The van der Waals surface area contributed by atoms with Crippen molar-refractivity contribution in [3.63, 3.8) is 0 Å². The van der Waals surface area contributed by atoms with Gasteiger partial charge in [-0.2, -0.15) is 0 Å². The Bertz CT molecular complexity index is 468. The monoisotopic (exact) mass is 303 g/mol. The van der Waals surface area contributed by atoms with Gasteiger partial charge in [0.1, 0.15) is 0 Å². The maximum absolute atomic E-state index is 11.6. The fraction of sp³-hybridized carbons (Fsp3) is 0.632. The minimum atomic E-state index is -0.663. The summed E-state index contributed by atoms with van der Waals surface area (Å²) in [5, 5.41) is 13.0. The van der Waals surface area contributed by atoms with E-state index in [1.54, 1.807) is 0 Å². The van der Waals surface area contributed by atoms with Crippen LogP contribution in [0.4, 0.5) is 0 Å². The highest BCUT2D eigenvalue weighted by molar-refractivity contribution is 5.74. The largest absolute Gasteiger partial charge is 0.481 e. The number of benzene rings is 1. The lowest BCUT2D eigenvalue weighted by molar-refractivity contribution is -0.149. The van der Waals surface area contributed by atoms with E-state index in [9.17, 15) is 9.90 Å². The van der Waals surface area contributed by atoms with Gasteiger partial charge in [0, 0.05) is 12.6 Å². The third-order valence-electron chi connectivity index (χ3n) is 5.44. The smallest absolute Gasteiger partial charge is 0.310 e. The SMILES string of the molecule is CCC(CC)(CNC1CCC(Cc2ccccc2)C1)C(=O)O. The number of hydrogen-bond acceptors (Lipinski definition) is 2. The number of aliphatic carboxylic acids is 1. The van der Waals surface area contributed by atoms with Crippen LogP contribution in [0.5, 0.6) is 0 Å². The number of hydrogen-bond donors (Lipinski definition) is 2. The number of carbonyl (C=O) groups is 1. The molecule has 2 unspecified atom stereocenters. The van der Waals surface area contributed by atoms with Gasteiger partial charge in [0.2, 0.25) is 0 Å². The molecule has 1 aromatic carbocycles. The van der Waals surface area contributed by atoms with Crippen molar-refractivity contribution >= 4 is 5.97 Å². The van der Waals surface area contributed by atoms with E-state index in [4.69, 9.17) is 0 Å². The number of nitrogens with one attached hydrogen (secondary N) is 1. The van der Waals surface area contributed by atoms with Gasteiger partial charge in [0.05, 0.1) is 5.41 Å². The zero-order chi connectivity index (χ0) is 16.0. The molecule has 22 heavy (non-hydrogen) atoms. The van der Waals surface area contributed by atoms with Crippen molar-refractivity contribution in [3.05, 3.63) is 35.9 Å². The van der Waals surface area contributed by atoms with Crippen molar-refractivity contribution in [1.29, 1.82) is 0 Å². The molecule has 2 atom stereocenters. The summed E-state index contributed by atoms with van der Waals surface area (Å²) in [6.07, 6.45) is 6.09. The Morgan fingerprint density at radius 3 is 2.50 bits per heavy atom. The number of carboxylic acids is 1. The molecule has 0 aliphatic heterocycles. The van der Waals surface area contributed by atoms with Crippen molar-refractivity contribution in [2.75, 3.05) is 6.54 Å². The Morgan fingerprint density at radius 1 is 1.23 bits per heavy atom. The summed E-state index contributed by atoms with van der Waals surface area (Å²) in [4.78, 5) is 11.6. The molecule has 2 rings (SSSR count). The highest BCUT2D eigenvalue weighted by Gasteiger charge is 2.36. The van der Waals surface area contributed by atoms with Crippen LogP contribution in [0.3, 0.4) is 0 Å². The topological polar surface area (TPSA) is 49.3 Å². The maximum atomic E-state index is 11.6. The average Bonchev–Trinajstić information content (AvgIpc) is 2.97. The summed E-state index contributed by atoms with van der Waals surface area (Å²) in [6, 6.07) is 11.1. The summed E-state index contributed by atoms with van der Waals surface area (Å²) >= 11 is 0. The van der Waals surface area contributed by atoms with Crippen molar-refractivity contribution < 1.29 is 9.90 Å². The third-order valence-corrected chi connectivity index (χ3v) is 5.44. The van der Waals surface area contributed by atoms with E-state index >= 15 is 0 Å². The molecule has 1 saturated carbocycles. The summed E-state index contributed by atoms with van der Waals surface area (Å²) in [6.45, 7) is 4.55. The molecule has 0 saturated heterocycles. The molecule has 0 heterocycles. The first-order valence-electron chi connectivity index (χ1n) is 8.60. The van der Waals surface area contributed by atoms with Crippen molar-refractivity contribution in [2.24, 2.45) is 11.3 Å². The zero-order valence-corrected chi connectivity index (χ0v) is 13.8. The van der Waals surface area contributed by atoms with Crippen LogP contribution in [0.25, 0.3) is 0 Å². The van der Waals surface area contributed by atoms with Crippen LogP contribution in [0.1, 0.15) is 51.5 Å². The van der Waals surface area contributed by atoms with Gasteiger partial charge in [-0.1, -0.05) is 44.2 Å². The lowest BCUT2D eigenvalue weighted by Crippen LogP contribution is -2.43. The van der Waals surface area contributed by atoms with Crippen LogP contribution in [-0.2, 0) is 11.2 Å². The minimum absolute atomic E-state index is 0.477. The molecule has 0 amide bonds. The number of rotatable bonds is 8. The first kappa shape index (κ1) is 17.0. The zero-order valence-electron chi connectivity index (χ0n) is 13.8. The van der Waals surface area contributed by atoms with Crippen LogP contribution in [0.2, 0.25) is 0 Å². The van der Waals surface area contributed by atoms with E-state index in [2.05, 4.69) is 35.6 Å². The Labute approximate surface area is 134 Å². The van der Waals surface area contributed by atoms with E-state index in [0.29, 0.717) is 25.4 Å². The normalized spacial score (nSPS) is 21.9. The molecule has 1 aliphatic rings. The molecule has 3 nitrogen and oxygen atoms in total. The molecular weight excluding hydrogens is 274 g/mol. The molecule has 3 heteroatoms. The fourth-order valence-corrected chi connectivity index (χ4v) is 3.61. The number of carboxylic acid groups (broad SMARTS) is 1. The summed E-state index contributed by atoms with van der Waals surface area (Å²) in [5.41, 5.74) is 0.812. The van der Waals surface area contributed by atoms with Crippen molar-refractivity contribution in [1.82, 2.24) is 5.32 Å². The molecule has 1 fully saturated rings. The van der Waals surface area contributed by atoms with Gasteiger partial charge < -0.3 is 10.4 Å². The van der Waals surface area contributed by atoms with Crippen LogP contribution >= 0.6 is 0 Å². The molecule has 0 spiro atoms. The van der Waals surface area contributed by atoms with Crippen LogP contribution in [-0.4, -0.2) is 23.7 Å². The lowest BCUT2D eigenvalue weighted by Gasteiger charge is -2.28. The van der Waals surface area contributed by atoms with E-state index < -0.39 is 11.4 Å². The van der Waals surface area contributed by atoms with Crippen molar-refractivity contribution in [2.45, 2.75) is 58.4 Å². The Kier molecular flexibility index (Phi) is 6.01. The molecule has 0 radical (unpaired) electrons. The second-order valence-corrected chi connectivity index (χ2v) is 6.74. The lowest BCUT2D eigenvalue weighted by atomic mass is 9.82. The highest BCUT2D eigenvalue weighted by Crippen LogP contribution is 2.31. The molecule has 122 valence electrons. The van der Waals surface area contributed by atoms with Crippen molar-refractivity contribution in [3.8, 4) is 0 Å². The van der Waals surface area contributed by atoms with Crippen LogP contribution in [0.15, 0.2) is 30.3 Å². The average molecular weight is 303 g/mol. The standard InChI is InChI=1S/C19H29NO2/c1-3-19(4-2,18(21)22)14-20-17-11-10-16(13-17)12-15-8-6-5-7-9-15/h5-9,16-17,20H,3-4,10-14H2,1-2H3,(H,21,22). The third kappa shape index (κ3) is 4.10. The molecule has 1 aromatic rings. The van der Waals surface area contributed by atoms with Gasteiger partial charge in [-0.05, 0) is 50.0 Å². The Balaban J connectivity index is 1.82. The Morgan fingerprint density at radius 2 is 1.91 bits per heavy atom. The molecular formula is C19H29NO2. The molecule has 0 aromatic heterocycles. The Hall–Kier alpha value is -1.35. The summed E-state index contributed by atoms with van der Waals surface area (Å²) in [5.74, 6) is 0.0613. The second-order valence-electron chi connectivity index (χ2n) is 6.74. The quantitative estimate of drug-likeness (QED) is 0.766. The molecule has 0 bridgehead atoms. The maximum Gasteiger partial charge on any atom is 0.310 e. The molecule has 1 aliphatic carbocycles. The van der Waals surface area contributed by atoms with Gasteiger partial charge >= 0.3 is 5.97 Å². The molecule has 2 N–H and O–H groups in total. The fourth-order valence-electron chi connectivity index (χ4n) is 3.61. The summed E-state index contributed by atoms with van der Waals surface area (Å²) < 4.78 is 0.